The molecule has 152 valence electrons. The summed E-state index contributed by atoms with van der Waals surface area (Å²) in [7, 11) is 0. The summed E-state index contributed by atoms with van der Waals surface area (Å²) in [5.74, 6) is 1.64. The molecule has 0 heterocycles. The van der Waals surface area contributed by atoms with Crippen molar-refractivity contribution in [3.05, 3.63) is 83.9 Å². The van der Waals surface area contributed by atoms with Crippen LogP contribution < -0.4 is 14.8 Å². The molecule has 1 atom stereocenters. The maximum atomic E-state index is 12.4. The van der Waals surface area contributed by atoms with E-state index < -0.39 is 6.10 Å². The van der Waals surface area contributed by atoms with Crippen LogP contribution in [0.15, 0.2) is 72.8 Å². The van der Waals surface area contributed by atoms with Crippen molar-refractivity contribution in [2.24, 2.45) is 0 Å². The van der Waals surface area contributed by atoms with Gasteiger partial charge in [-0.25, -0.2) is 0 Å². The molecule has 0 radical (unpaired) electrons. The number of nitriles is 1. The molecule has 1 amide bonds. The number of carbonyl (C=O) groups excluding carboxylic acids is 1. The number of benzene rings is 3. The van der Waals surface area contributed by atoms with E-state index in [1.54, 1.807) is 55.5 Å². The Bertz CT molecular complexity index is 1000. The van der Waals surface area contributed by atoms with Crippen LogP contribution in [0.1, 0.15) is 31.4 Å². The summed E-state index contributed by atoms with van der Waals surface area (Å²) in [5.41, 5.74) is 2.58. The average Bonchev–Trinajstić information content (AvgIpc) is 2.77. The van der Waals surface area contributed by atoms with Crippen molar-refractivity contribution in [2.45, 2.75) is 32.8 Å². The molecule has 0 aliphatic rings. The van der Waals surface area contributed by atoms with E-state index in [9.17, 15) is 4.79 Å². The summed E-state index contributed by atoms with van der Waals surface area (Å²) in [6.07, 6.45) is 1.47. The van der Waals surface area contributed by atoms with Gasteiger partial charge in [0.05, 0.1) is 11.6 Å². The molecule has 0 fully saturated rings. The highest BCUT2D eigenvalue weighted by atomic mass is 16.5. The van der Waals surface area contributed by atoms with Gasteiger partial charge in [0.1, 0.15) is 17.2 Å². The van der Waals surface area contributed by atoms with Crippen LogP contribution in [0.2, 0.25) is 0 Å². The van der Waals surface area contributed by atoms with E-state index in [1.165, 1.54) is 5.56 Å². The fraction of sp³-hybridized carbons (Fsp3) is 0.200. The van der Waals surface area contributed by atoms with Crippen LogP contribution >= 0.6 is 0 Å². The van der Waals surface area contributed by atoms with E-state index in [4.69, 9.17) is 14.7 Å². The molecule has 3 rings (SSSR count). The normalized spacial score (nSPS) is 11.2. The minimum absolute atomic E-state index is 0.212. The first-order valence-corrected chi connectivity index (χ1v) is 9.92. The van der Waals surface area contributed by atoms with Crippen molar-refractivity contribution >= 4 is 11.6 Å². The molecule has 0 spiro atoms. The molecule has 0 saturated heterocycles. The molecule has 0 aliphatic heterocycles. The zero-order valence-electron chi connectivity index (χ0n) is 17.1. The van der Waals surface area contributed by atoms with Gasteiger partial charge in [0.25, 0.3) is 5.91 Å². The van der Waals surface area contributed by atoms with Gasteiger partial charge in [0, 0.05) is 5.69 Å². The SMILES string of the molecule is CCCc1ccc(NC(=O)C(C)Oc2ccc(Oc3ccc(C#N)cc3)cc2)cc1. The van der Waals surface area contributed by atoms with Crippen LogP contribution in [0.25, 0.3) is 0 Å². The minimum atomic E-state index is -0.648. The third-order valence-electron chi connectivity index (χ3n) is 4.49. The number of carbonyl (C=O) groups is 1. The van der Waals surface area contributed by atoms with Crippen molar-refractivity contribution in [2.75, 3.05) is 5.32 Å². The zero-order chi connectivity index (χ0) is 21.3. The minimum Gasteiger partial charge on any atom is -0.481 e. The zero-order valence-corrected chi connectivity index (χ0v) is 17.1. The summed E-state index contributed by atoms with van der Waals surface area (Å²) in [5, 5.41) is 11.7. The number of nitrogens with one attached hydrogen (secondary N) is 1. The molecule has 30 heavy (non-hydrogen) atoms. The van der Waals surface area contributed by atoms with E-state index in [0.717, 1.165) is 18.5 Å². The van der Waals surface area contributed by atoms with Crippen LogP contribution in [0, 0.1) is 11.3 Å². The highest BCUT2D eigenvalue weighted by molar-refractivity contribution is 5.94. The van der Waals surface area contributed by atoms with E-state index in [1.807, 2.05) is 24.3 Å². The van der Waals surface area contributed by atoms with E-state index in [2.05, 4.69) is 18.3 Å². The van der Waals surface area contributed by atoms with Crippen LogP contribution in [0.5, 0.6) is 17.2 Å². The number of amides is 1. The highest BCUT2D eigenvalue weighted by Gasteiger charge is 2.15. The number of nitrogens with zero attached hydrogens (tertiary/aromatic N) is 1. The lowest BCUT2D eigenvalue weighted by atomic mass is 10.1. The Kier molecular flexibility index (Phi) is 7.07. The standard InChI is InChI=1S/C25H24N2O3/c1-3-4-19-5-9-21(10-6-19)27-25(28)18(2)29-22-13-15-24(16-14-22)30-23-11-7-20(17-26)8-12-23/h5-16,18H,3-4H2,1-2H3,(H,27,28). The van der Waals surface area contributed by atoms with Crippen LogP contribution in [-0.2, 0) is 11.2 Å². The maximum absolute atomic E-state index is 12.4. The number of ether oxygens (including phenoxy) is 2. The van der Waals surface area contributed by atoms with Gasteiger partial charge in [-0.05, 0) is 79.6 Å². The van der Waals surface area contributed by atoms with Gasteiger partial charge >= 0.3 is 0 Å². The fourth-order valence-electron chi connectivity index (χ4n) is 2.86. The Morgan fingerprint density at radius 2 is 1.50 bits per heavy atom. The predicted molar refractivity (Wildman–Crippen MR) is 117 cm³/mol. The first kappa shape index (κ1) is 20.9. The summed E-state index contributed by atoms with van der Waals surface area (Å²) in [6, 6.07) is 23.9. The first-order chi connectivity index (χ1) is 14.6. The molecule has 1 unspecified atom stereocenters. The third kappa shape index (κ3) is 5.86. The van der Waals surface area contributed by atoms with Gasteiger partial charge in [-0.1, -0.05) is 25.5 Å². The van der Waals surface area contributed by atoms with Crippen molar-refractivity contribution in [3.63, 3.8) is 0 Å². The number of anilines is 1. The lowest BCUT2D eigenvalue weighted by Crippen LogP contribution is -2.30. The van der Waals surface area contributed by atoms with Gasteiger partial charge in [0.15, 0.2) is 6.10 Å². The quantitative estimate of drug-likeness (QED) is 0.526. The van der Waals surface area contributed by atoms with Gasteiger partial charge in [0.2, 0.25) is 0 Å². The largest absolute Gasteiger partial charge is 0.481 e. The summed E-state index contributed by atoms with van der Waals surface area (Å²) in [6.45, 7) is 3.85. The number of aryl methyl sites for hydroxylation is 1. The molecular formula is C25H24N2O3. The van der Waals surface area contributed by atoms with Crippen molar-refractivity contribution in [1.82, 2.24) is 0 Å². The molecule has 5 nitrogen and oxygen atoms in total. The smallest absolute Gasteiger partial charge is 0.265 e. The van der Waals surface area contributed by atoms with Gasteiger partial charge in [-0.15, -0.1) is 0 Å². The monoisotopic (exact) mass is 400 g/mol. The Morgan fingerprint density at radius 1 is 0.933 bits per heavy atom. The van der Waals surface area contributed by atoms with Crippen LogP contribution in [-0.4, -0.2) is 12.0 Å². The Labute approximate surface area is 176 Å². The first-order valence-electron chi connectivity index (χ1n) is 9.92. The number of rotatable bonds is 8. The Morgan fingerprint density at radius 3 is 2.07 bits per heavy atom. The molecule has 0 aliphatic carbocycles. The highest BCUT2D eigenvalue weighted by Crippen LogP contribution is 2.24. The lowest BCUT2D eigenvalue weighted by Gasteiger charge is -2.15. The van der Waals surface area contributed by atoms with E-state index in [-0.39, 0.29) is 5.91 Å². The van der Waals surface area contributed by atoms with Crippen molar-refractivity contribution < 1.29 is 14.3 Å². The van der Waals surface area contributed by atoms with Crippen molar-refractivity contribution in [1.29, 1.82) is 5.26 Å². The molecule has 0 bridgehead atoms. The third-order valence-corrected chi connectivity index (χ3v) is 4.49. The van der Waals surface area contributed by atoms with Gasteiger partial charge in [-0.2, -0.15) is 5.26 Å². The van der Waals surface area contributed by atoms with Gasteiger partial charge < -0.3 is 14.8 Å². The molecule has 0 saturated carbocycles. The molecule has 5 heteroatoms. The predicted octanol–water partition coefficient (Wildman–Crippen LogP) is 5.71. The molecule has 0 aromatic heterocycles. The molecule has 1 N–H and O–H groups in total. The summed E-state index contributed by atoms with van der Waals surface area (Å²) < 4.78 is 11.5. The lowest BCUT2D eigenvalue weighted by molar-refractivity contribution is -0.122. The maximum Gasteiger partial charge on any atom is 0.265 e. The Hall–Kier alpha value is -3.78. The molecule has 3 aromatic carbocycles. The topological polar surface area (TPSA) is 71.3 Å². The summed E-state index contributed by atoms with van der Waals surface area (Å²) in [4.78, 5) is 12.4. The summed E-state index contributed by atoms with van der Waals surface area (Å²) >= 11 is 0. The van der Waals surface area contributed by atoms with Crippen LogP contribution in [0.4, 0.5) is 5.69 Å². The molecule has 3 aromatic rings. The second kappa shape index (κ2) is 10.1. The number of hydrogen-bond donors (Lipinski definition) is 1. The van der Waals surface area contributed by atoms with Crippen LogP contribution in [0.3, 0.4) is 0 Å². The molecular weight excluding hydrogens is 376 g/mol. The second-order valence-corrected chi connectivity index (χ2v) is 6.91. The second-order valence-electron chi connectivity index (χ2n) is 6.91. The Balaban J connectivity index is 1.53. The number of hydrogen-bond acceptors (Lipinski definition) is 4. The average molecular weight is 400 g/mol. The fourth-order valence-corrected chi connectivity index (χ4v) is 2.86. The van der Waals surface area contributed by atoms with Crippen molar-refractivity contribution in [3.8, 4) is 23.3 Å². The van der Waals surface area contributed by atoms with E-state index >= 15 is 0 Å². The van der Waals surface area contributed by atoms with Gasteiger partial charge in [-0.3, -0.25) is 4.79 Å². The van der Waals surface area contributed by atoms with E-state index in [0.29, 0.717) is 22.8 Å².